The molecule has 0 aromatic heterocycles. The maximum absolute atomic E-state index is 9.74. The number of hydrogen-bond acceptors (Lipinski definition) is 3. The number of hydrogen-bond donors (Lipinski definition) is 2. The summed E-state index contributed by atoms with van der Waals surface area (Å²) in [6.45, 7) is 0.916. The molecule has 0 saturated heterocycles. The van der Waals surface area contributed by atoms with Crippen molar-refractivity contribution in [3.63, 3.8) is 0 Å². The zero-order valence-corrected chi connectivity index (χ0v) is 10.1. The minimum absolute atomic E-state index is 0. The van der Waals surface area contributed by atoms with Crippen LogP contribution in [0.1, 0.15) is 6.92 Å². The van der Waals surface area contributed by atoms with Crippen LogP contribution in [-0.2, 0) is 13.9 Å². The van der Waals surface area contributed by atoms with Gasteiger partial charge in [-0.25, -0.2) is 4.57 Å². The van der Waals surface area contributed by atoms with Crippen molar-refractivity contribution in [2.45, 2.75) is 6.92 Å². The quantitative estimate of drug-likeness (QED) is 0.349. The summed E-state index contributed by atoms with van der Waals surface area (Å²) in [6.07, 6.45) is 9.90. The van der Waals surface area contributed by atoms with Crippen molar-refractivity contribution in [3.8, 4) is 0 Å². The van der Waals surface area contributed by atoms with Gasteiger partial charge in [0, 0.05) is 6.92 Å². The molecule has 0 bridgehead atoms. The number of rotatable bonds is 1. The molecular formula is C2H13Ca5Cl2O5P. The van der Waals surface area contributed by atoms with Gasteiger partial charge in [0.25, 0.3) is 0 Å². The normalized spacial score (nSPS) is 6.47. The van der Waals surface area contributed by atoms with E-state index in [1.54, 1.807) is 0 Å². The molecule has 0 heterocycles. The van der Waals surface area contributed by atoms with E-state index in [2.05, 4.69) is 4.52 Å². The third-order valence-corrected chi connectivity index (χ3v) is 0.742. The summed E-state index contributed by atoms with van der Waals surface area (Å²) in [5, 5.41) is 0. The molecule has 0 saturated carbocycles. The van der Waals surface area contributed by atoms with Crippen LogP contribution in [0.2, 0.25) is 0 Å². The summed E-state index contributed by atoms with van der Waals surface area (Å²) in [6, 6.07) is 0. The van der Waals surface area contributed by atoms with E-state index in [1.807, 2.05) is 0 Å². The molecule has 5 nitrogen and oxygen atoms in total. The Morgan fingerprint density at radius 3 is 1.40 bits per heavy atom. The molecule has 0 aromatic carbocycles. The summed E-state index contributed by atoms with van der Waals surface area (Å²) < 4.78 is 13.2. The second-order valence-electron chi connectivity index (χ2n) is 1.17. The Balaban J connectivity index is -0.0000000262. The first kappa shape index (κ1) is 37.6. The molecule has 2 N–H and O–H groups in total. The van der Waals surface area contributed by atoms with Crippen molar-refractivity contribution < 1.29 is 23.7 Å². The number of carbonyl (C=O) groups excluding carboxylic acids is 1. The molecule has 0 aliphatic rings. The second-order valence-corrected chi connectivity index (χ2v) is 5.99. The van der Waals surface area contributed by atoms with Crippen LogP contribution < -0.4 is 0 Å². The van der Waals surface area contributed by atoms with Crippen LogP contribution in [0.3, 0.4) is 0 Å². The van der Waals surface area contributed by atoms with Crippen LogP contribution in [0, 0.1) is 0 Å². The topological polar surface area (TPSA) is 83.8 Å². The van der Waals surface area contributed by atoms with Gasteiger partial charge in [0.05, 0.1) is 0 Å². The number of phosphoric ester groups is 1. The van der Waals surface area contributed by atoms with Gasteiger partial charge in [-0.15, -0.1) is 0 Å². The maximum atomic E-state index is 9.74. The van der Waals surface area contributed by atoms with Crippen molar-refractivity contribution in [2.24, 2.45) is 0 Å². The summed E-state index contributed by atoms with van der Waals surface area (Å²) in [7, 11) is -4.57. The van der Waals surface area contributed by atoms with E-state index in [0.29, 0.717) is 0 Å². The van der Waals surface area contributed by atoms with Gasteiger partial charge in [-0.1, -0.05) is 0 Å². The van der Waals surface area contributed by atoms with Gasteiger partial charge in [0.15, 0.2) is 0 Å². The van der Waals surface area contributed by atoms with E-state index in [1.165, 1.54) is 0 Å². The molecule has 0 unspecified atom stereocenters. The van der Waals surface area contributed by atoms with Gasteiger partial charge in [-0.3, -0.25) is 14.6 Å². The third-order valence-electron chi connectivity index (χ3n) is 0.247. The molecule has 0 aliphatic carbocycles. The van der Waals surface area contributed by atoms with Gasteiger partial charge < -0.3 is 4.52 Å². The molecule has 0 fully saturated rings. The zero-order valence-electron chi connectivity index (χ0n) is 5.53. The van der Waals surface area contributed by atoms with Crippen LogP contribution in [0.4, 0.5) is 0 Å². The van der Waals surface area contributed by atoms with Gasteiger partial charge in [0.1, 0.15) is 0 Å². The van der Waals surface area contributed by atoms with Crippen molar-refractivity contribution in [1.29, 1.82) is 0 Å². The fraction of sp³-hybridized carbons (Fsp3) is 0.500. The van der Waals surface area contributed by atoms with Crippen LogP contribution in [0.5, 0.6) is 0 Å². The van der Waals surface area contributed by atoms with Crippen LogP contribution in [0.15, 0.2) is 0 Å². The first-order valence-corrected chi connectivity index (χ1v) is 9.82. The SMILES string of the molecule is CC(=O)OP(=O)(O)O.[CaH2].[CaH2].[CaH2].[CaH2].[Cl][Ca][Cl]. The summed E-state index contributed by atoms with van der Waals surface area (Å²) >= 11 is -0.931. The fourth-order valence-corrected chi connectivity index (χ4v) is 0.502. The van der Waals surface area contributed by atoms with Crippen molar-refractivity contribution >= 4 is 208 Å². The average Bonchev–Trinajstić information content (AvgIpc) is 1.57. The summed E-state index contributed by atoms with van der Waals surface area (Å²) in [5.74, 6) is -0.988. The van der Waals surface area contributed by atoms with Gasteiger partial charge in [-0.2, -0.15) is 0 Å². The Morgan fingerprint density at radius 2 is 1.40 bits per heavy atom. The van der Waals surface area contributed by atoms with E-state index in [-0.39, 0.29) is 151 Å². The van der Waals surface area contributed by atoms with Crippen molar-refractivity contribution in [1.82, 2.24) is 0 Å². The Hall–Kier alpha value is 6.50. The molecular weight excluding hydrogens is 406 g/mol. The average molecular weight is 419 g/mol. The second kappa shape index (κ2) is 25.5. The zero-order chi connectivity index (χ0) is 9.49. The van der Waals surface area contributed by atoms with E-state index in [4.69, 9.17) is 22.6 Å². The van der Waals surface area contributed by atoms with Gasteiger partial charge >= 0.3 is 208 Å². The Morgan fingerprint density at radius 1 is 1.20 bits per heavy atom. The first-order chi connectivity index (χ1) is 4.83. The van der Waals surface area contributed by atoms with Gasteiger partial charge in [-0.05, 0) is 0 Å². The van der Waals surface area contributed by atoms with Crippen LogP contribution >= 0.6 is 20.6 Å². The van der Waals surface area contributed by atoms with Gasteiger partial charge in [0.2, 0.25) is 0 Å². The molecule has 15 heavy (non-hydrogen) atoms. The Kier molecular flexibility index (Phi) is 63.8. The molecule has 0 spiro atoms. The third kappa shape index (κ3) is 53.1. The predicted octanol–water partition coefficient (Wildman–Crippen LogP) is -3.02. The van der Waals surface area contributed by atoms with Crippen LogP contribution in [-0.4, -0.2) is 198 Å². The van der Waals surface area contributed by atoms with E-state index in [9.17, 15) is 9.36 Å². The fourth-order valence-electron chi connectivity index (χ4n) is 0.167. The Bertz CT molecular complexity index is 166. The van der Waals surface area contributed by atoms with Crippen molar-refractivity contribution in [2.75, 3.05) is 0 Å². The monoisotopic (exact) mass is 418 g/mol. The first-order valence-electron chi connectivity index (χ1n) is 2.21. The number of carbonyl (C=O) groups is 1. The standard InChI is InChI=1S/C2H5O5P.5Ca.2ClH.8H/c1-2(3)7-8(4,5)6;;;;;;;;;;;;;;;/h1H3,(H2,4,5,6);;;;;;2*1H;;;;;;;;/q;;;;;+2;;;;;;;;;;/p-2. The molecule has 80 valence electrons. The minimum atomic E-state index is -4.57. The molecule has 0 rings (SSSR count). The molecule has 0 aromatic rings. The number of halogens is 2. The van der Waals surface area contributed by atoms with Crippen LogP contribution in [0.25, 0.3) is 0 Å². The summed E-state index contributed by atoms with van der Waals surface area (Å²) in [5.41, 5.74) is 0. The number of phosphoric acid groups is 1. The predicted molar refractivity (Wildman–Crippen MR) is 75.4 cm³/mol. The molecule has 0 atom stereocenters. The Labute approximate surface area is 231 Å². The van der Waals surface area contributed by atoms with Crippen molar-refractivity contribution in [3.05, 3.63) is 0 Å². The van der Waals surface area contributed by atoms with E-state index < -0.39 is 44.6 Å². The van der Waals surface area contributed by atoms with E-state index >= 15 is 0 Å². The molecule has 0 amide bonds. The van der Waals surface area contributed by atoms with E-state index in [0.717, 1.165) is 6.92 Å². The summed E-state index contributed by atoms with van der Waals surface area (Å²) in [4.78, 5) is 25.5. The molecule has 0 radical (unpaired) electrons. The molecule has 13 heteroatoms. The molecule has 0 aliphatic heterocycles.